The van der Waals surface area contributed by atoms with E-state index in [1.165, 1.54) is 27.8 Å². The monoisotopic (exact) mass is 345 g/mol. The molecule has 0 amide bonds. The Morgan fingerprint density at radius 1 is 1.00 bits per heavy atom. The van der Waals surface area contributed by atoms with Gasteiger partial charge in [-0.05, 0) is 68.0 Å². The first-order chi connectivity index (χ1) is 12.3. The maximum atomic E-state index is 6.03. The molecule has 2 rings (SSSR count). The van der Waals surface area contributed by atoms with Gasteiger partial charge < -0.3 is 5.73 Å². The molecule has 1 nitrogen and oxygen atoms in total. The predicted molar refractivity (Wildman–Crippen MR) is 116 cm³/mol. The number of hydrogen-bond acceptors (Lipinski definition) is 1. The number of rotatable bonds is 6. The summed E-state index contributed by atoms with van der Waals surface area (Å²) >= 11 is 0. The molecule has 0 aliphatic rings. The molecule has 0 aromatic heterocycles. The van der Waals surface area contributed by atoms with Gasteiger partial charge in [-0.25, -0.2) is 0 Å². The van der Waals surface area contributed by atoms with Crippen LogP contribution < -0.4 is 5.73 Å². The Labute approximate surface area is 159 Å². The van der Waals surface area contributed by atoms with E-state index in [2.05, 4.69) is 89.7 Å². The molecule has 1 atom stereocenters. The molecule has 26 heavy (non-hydrogen) atoms. The molecule has 0 radical (unpaired) electrons. The van der Waals surface area contributed by atoms with Gasteiger partial charge >= 0.3 is 0 Å². The van der Waals surface area contributed by atoms with Crippen molar-refractivity contribution in [3.05, 3.63) is 100 Å². The highest BCUT2D eigenvalue weighted by atomic mass is 14.5. The Hall–Kier alpha value is -2.54. The molecule has 1 unspecified atom stereocenters. The number of benzene rings is 2. The minimum Gasteiger partial charge on any atom is -0.399 e. The second-order valence-electron chi connectivity index (χ2n) is 7.24. The molecule has 0 saturated heterocycles. The molecule has 2 aromatic carbocycles. The van der Waals surface area contributed by atoms with Crippen LogP contribution in [0.1, 0.15) is 55.9 Å². The molecular weight excluding hydrogens is 314 g/mol. The SMILES string of the molecule is C=C(/C=C\C(C)=C(C)C)C(c1ccc(CC)cc1)c1ccc(N)c(C)c1. The van der Waals surface area contributed by atoms with E-state index in [0.717, 1.165) is 23.2 Å². The highest BCUT2D eigenvalue weighted by Crippen LogP contribution is 2.33. The van der Waals surface area contributed by atoms with Crippen LogP contribution in [0.5, 0.6) is 0 Å². The molecular formula is C25H31N. The van der Waals surface area contributed by atoms with Crippen LogP contribution in [-0.2, 0) is 6.42 Å². The van der Waals surface area contributed by atoms with Gasteiger partial charge in [-0.1, -0.05) is 73.2 Å². The van der Waals surface area contributed by atoms with E-state index in [-0.39, 0.29) is 5.92 Å². The molecule has 0 aliphatic heterocycles. The lowest BCUT2D eigenvalue weighted by Crippen LogP contribution is -2.04. The van der Waals surface area contributed by atoms with Crippen molar-refractivity contribution in [2.45, 2.75) is 47.0 Å². The van der Waals surface area contributed by atoms with Crippen molar-refractivity contribution in [3.8, 4) is 0 Å². The maximum Gasteiger partial charge on any atom is 0.0343 e. The van der Waals surface area contributed by atoms with Gasteiger partial charge in [-0.3, -0.25) is 0 Å². The van der Waals surface area contributed by atoms with Gasteiger partial charge in [0.1, 0.15) is 0 Å². The number of nitrogens with two attached hydrogens (primary N) is 1. The third-order valence-corrected chi connectivity index (χ3v) is 5.06. The first-order valence-corrected chi connectivity index (χ1v) is 9.29. The normalized spacial score (nSPS) is 12.2. The zero-order chi connectivity index (χ0) is 19.3. The minimum atomic E-state index is 0.126. The van der Waals surface area contributed by atoms with E-state index >= 15 is 0 Å². The lowest BCUT2D eigenvalue weighted by atomic mass is 9.84. The summed E-state index contributed by atoms with van der Waals surface area (Å²) in [5, 5.41) is 0. The first kappa shape index (κ1) is 19.8. The summed E-state index contributed by atoms with van der Waals surface area (Å²) in [6.45, 7) is 15.0. The largest absolute Gasteiger partial charge is 0.399 e. The van der Waals surface area contributed by atoms with Gasteiger partial charge in [0.15, 0.2) is 0 Å². The van der Waals surface area contributed by atoms with E-state index in [1.807, 2.05) is 6.07 Å². The van der Waals surface area contributed by atoms with Crippen LogP contribution >= 0.6 is 0 Å². The zero-order valence-electron chi connectivity index (χ0n) is 16.8. The lowest BCUT2D eigenvalue weighted by Gasteiger charge is -2.20. The molecule has 0 bridgehead atoms. The summed E-state index contributed by atoms with van der Waals surface area (Å²) in [6.07, 6.45) is 5.36. The van der Waals surface area contributed by atoms with Gasteiger partial charge in [-0.15, -0.1) is 0 Å². The van der Waals surface area contributed by atoms with Crippen LogP contribution in [0.4, 0.5) is 5.69 Å². The van der Waals surface area contributed by atoms with E-state index in [4.69, 9.17) is 5.73 Å². The fourth-order valence-corrected chi connectivity index (χ4v) is 2.94. The van der Waals surface area contributed by atoms with Crippen molar-refractivity contribution < 1.29 is 0 Å². The van der Waals surface area contributed by atoms with Gasteiger partial charge in [0, 0.05) is 11.6 Å². The summed E-state index contributed by atoms with van der Waals surface area (Å²) in [5.41, 5.74) is 15.5. The van der Waals surface area contributed by atoms with Crippen LogP contribution in [-0.4, -0.2) is 0 Å². The van der Waals surface area contributed by atoms with E-state index in [9.17, 15) is 0 Å². The standard InChI is InChI=1S/C25H31N/c1-7-21-10-12-22(13-11-21)25(19(5)9-8-18(4)17(2)3)23-14-15-24(26)20(6)16-23/h8-16,25H,5,7,26H2,1-4,6H3/b9-8-. The number of nitrogen functional groups attached to an aromatic ring is 1. The Kier molecular flexibility index (Phi) is 6.63. The molecule has 2 aromatic rings. The van der Waals surface area contributed by atoms with Crippen molar-refractivity contribution in [3.63, 3.8) is 0 Å². The summed E-state index contributed by atoms with van der Waals surface area (Å²) in [7, 11) is 0. The Morgan fingerprint density at radius 3 is 2.15 bits per heavy atom. The molecule has 2 N–H and O–H groups in total. The average molecular weight is 346 g/mol. The van der Waals surface area contributed by atoms with Crippen molar-refractivity contribution in [2.24, 2.45) is 0 Å². The number of hydrogen-bond donors (Lipinski definition) is 1. The van der Waals surface area contributed by atoms with Crippen LogP contribution in [0.25, 0.3) is 0 Å². The van der Waals surface area contributed by atoms with Crippen LogP contribution in [0, 0.1) is 6.92 Å². The summed E-state index contributed by atoms with van der Waals surface area (Å²) < 4.78 is 0. The van der Waals surface area contributed by atoms with E-state index < -0.39 is 0 Å². The van der Waals surface area contributed by atoms with Crippen LogP contribution in [0.3, 0.4) is 0 Å². The van der Waals surface area contributed by atoms with Gasteiger partial charge in [-0.2, -0.15) is 0 Å². The second-order valence-corrected chi connectivity index (χ2v) is 7.24. The summed E-state index contributed by atoms with van der Waals surface area (Å²) in [6, 6.07) is 15.2. The Balaban J connectivity index is 2.48. The molecule has 0 spiro atoms. The van der Waals surface area contributed by atoms with Crippen molar-refractivity contribution in [2.75, 3.05) is 5.73 Å². The lowest BCUT2D eigenvalue weighted by molar-refractivity contribution is 0.974. The topological polar surface area (TPSA) is 26.0 Å². The third kappa shape index (κ3) is 4.76. The van der Waals surface area contributed by atoms with E-state index in [0.29, 0.717) is 0 Å². The average Bonchev–Trinajstić information content (AvgIpc) is 2.63. The highest BCUT2D eigenvalue weighted by molar-refractivity contribution is 5.53. The Morgan fingerprint density at radius 2 is 1.62 bits per heavy atom. The van der Waals surface area contributed by atoms with E-state index in [1.54, 1.807) is 0 Å². The zero-order valence-corrected chi connectivity index (χ0v) is 16.8. The van der Waals surface area contributed by atoms with Gasteiger partial charge in [0.2, 0.25) is 0 Å². The van der Waals surface area contributed by atoms with Crippen LogP contribution in [0.2, 0.25) is 0 Å². The highest BCUT2D eigenvalue weighted by Gasteiger charge is 2.17. The fourth-order valence-electron chi connectivity index (χ4n) is 2.94. The summed E-state index contributed by atoms with van der Waals surface area (Å²) in [5.74, 6) is 0.126. The first-order valence-electron chi connectivity index (χ1n) is 9.29. The molecule has 0 saturated carbocycles. The molecule has 0 aliphatic carbocycles. The summed E-state index contributed by atoms with van der Waals surface area (Å²) in [4.78, 5) is 0. The molecule has 0 heterocycles. The second kappa shape index (κ2) is 8.71. The number of aryl methyl sites for hydroxylation is 2. The van der Waals surface area contributed by atoms with Crippen molar-refractivity contribution >= 4 is 5.69 Å². The smallest absolute Gasteiger partial charge is 0.0343 e. The van der Waals surface area contributed by atoms with Gasteiger partial charge in [0.05, 0.1) is 0 Å². The predicted octanol–water partition coefficient (Wildman–Crippen LogP) is 6.74. The number of anilines is 1. The molecule has 1 heteroatoms. The molecule has 136 valence electrons. The third-order valence-electron chi connectivity index (χ3n) is 5.06. The van der Waals surface area contributed by atoms with Crippen LogP contribution in [0.15, 0.2) is 77.9 Å². The quantitative estimate of drug-likeness (QED) is 0.455. The van der Waals surface area contributed by atoms with Crippen molar-refractivity contribution in [1.82, 2.24) is 0 Å². The molecule has 0 fully saturated rings. The Bertz CT molecular complexity index is 831. The minimum absolute atomic E-state index is 0.126. The van der Waals surface area contributed by atoms with Gasteiger partial charge in [0.25, 0.3) is 0 Å². The number of allylic oxidation sites excluding steroid dienone is 5. The van der Waals surface area contributed by atoms with Crippen molar-refractivity contribution in [1.29, 1.82) is 0 Å². The maximum absolute atomic E-state index is 6.03. The fraction of sp³-hybridized carbons (Fsp3) is 0.280.